The predicted molar refractivity (Wildman–Crippen MR) is 79.1 cm³/mol. The van der Waals surface area contributed by atoms with Crippen LogP contribution in [0.15, 0.2) is 35.7 Å². The molecule has 0 saturated carbocycles. The fraction of sp³-hybridized carbons (Fsp3) is 0.312. The summed E-state index contributed by atoms with van der Waals surface area (Å²) in [6, 6.07) is 9.83. The summed E-state index contributed by atoms with van der Waals surface area (Å²) in [5, 5.41) is 1.89. The van der Waals surface area contributed by atoms with Crippen LogP contribution in [-0.2, 0) is 0 Å². The Balaban J connectivity index is 1.81. The molecule has 0 aliphatic carbocycles. The molecule has 1 aromatic carbocycles. The number of rotatable bonds is 4. The number of methoxy groups -OCH3 is 1. The molecule has 3 rings (SSSR count). The Morgan fingerprint density at radius 1 is 1.40 bits per heavy atom. The number of carbonyl (C=O) groups excluding carboxylic acids is 1. The molecule has 0 spiro atoms. The second-order valence-corrected chi connectivity index (χ2v) is 5.73. The maximum absolute atomic E-state index is 12.5. The first-order valence-corrected chi connectivity index (χ1v) is 7.54. The van der Waals surface area contributed by atoms with Crippen LogP contribution in [0.5, 0.6) is 11.5 Å². The van der Waals surface area contributed by atoms with Gasteiger partial charge in [-0.25, -0.2) is 0 Å². The third-order valence-electron chi connectivity index (χ3n) is 3.62. The highest BCUT2D eigenvalue weighted by atomic mass is 32.1. The van der Waals surface area contributed by atoms with E-state index in [4.69, 9.17) is 9.47 Å². The highest BCUT2D eigenvalue weighted by Crippen LogP contribution is 2.37. The minimum atomic E-state index is 0.151. The number of hydrogen-bond donors (Lipinski definition) is 0. The van der Waals surface area contributed by atoms with Crippen molar-refractivity contribution < 1.29 is 14.3 Å². The maximum atomic E-state index is 12.5. The second kappa shape index (κ2) is 5.67. The third-order valence-corrected chi connectivity index (χ3v) is 4.55. The highest BCUT2D eigenvalue weighted by molar-refractivity contribution is 7.12. The molecule has 2 heterocycles. The van der Waals surface area contributed by atoms with E-state index in [1.165, 1.54) is 11.3 Å². The molecule has 20 heavy (non-hydrogen) atoms. The monoisotopic (exact) mass is 288 g/mol. The first-order valence-electron chi connectivity index (χ1n) is 6.66. The third kappa shape index (κ3) is 2.43. The maximum Gasteiger partial charge on any atom is 0.177 e. The summed E-state index contributed by atoms with van der Waals surface area (Å²) in [6.45, 7) is 0.677. The lowest BCUT2D eigenvalue weighted by atomic mass is 9.88. The number of thiophene rings is 1. The molecule has 1 unspecified atom stereocenters. The normalized spacial score (nSPS) is 17.1. The molecule has 0 radical (unpaired) electrons. The lowest BCUT2D eigenvalue weighted by molar-refractivity contribution is 0.0967. The second-order valence-electron chi connectivity index (χ2n) is 4.82. The van der Waals surface area contributed by atoms with Gasteiger partial charge in [0.15, 0.2) is 5.78 Å². The quantitative estimate of drug-likeness (QED) is 0.801. The number of Topliss-reactive ketones (excluding diaryl/α,β-unsaturated/α-hetero) is 1. The van der Waals surface area contributed by atoms with Gasteiger partial charge in [-0.05, 0) is 35.4 Å². The fourth-order valence-corrected chi connectivity index (χ4v) is 3.42. The molecular weight excluding hydrogens is 272 g/mol. The van der Waals surface area contributed by atoms with Crippen LogP contribution in [0, 0.1) is 0 Å². The highest BCUT2D eigenvalue weighted by Gasteiger charge is 2.25. The minimum absolute atomic E-state index is 0.151. The summed E-state index contributed by atoms with van der Waals surface area (Å²) in [4.78, 5) is 13.2. The average Bonchev–Trinajstić information content (AvgIpc) is 2.96. The van der Waals surface area contributed by atoms with Gasteiger partial charge in [0.25, 0.3) is 0 Å². The smallest absolute Gasteiger partial charge is 0.177 e. The van der Waals surface area contributed by atoms with Crippen molar-refractivity contribution in [1.82, 2.24) is 0 Å². The summed E-state index contributed by atoms with van der Waals surface area (Å²) < 4.78 is 10.9. The van der Waals surface area contributed by atoms with Crippen LogP contribution in [0.25, 0.3) is 0 Å². The molecule has 0 bridgehead atoms. The van der Waals surface area contributed by atoms with E-state index in [-0.39, 0.29) is 11.7 Å². The Hall–Kier alpha value is -1.81. The van der Waals surface area contributed by atoms with Gasteiger partial charge in [0.2, 0.25) is 0 Å². The first kappa shape index (κ1) is 13.2. The van der Waals surface area contributed by atoms with Crippen LogP contribution in [0.1, 0.15) is 34.0 Å². The van der Waals surface area contributed by atoms with Crippen molar-refractivity contribution in [2.45, 2.75) is 18.8 Å². The van der Waals surface area contributed by atoms with Gasteiger partial charge >= 0.3 is 0 Å². The van der Waals surface area contributed by atoms with E-state index < -0.39 is 0 Å². The molecule has 1 atom stereocenters. The van der Waals surface area contributed by atoms with Crippen LogP contribution in [0.2, 0.25) is 0 Å². The number of carbonyl (C=O) groups is 1. The molecule has 0 fully saturated rings. The van der Waals surface area contributed by atoms with Gasteiger partial charge in [-0.3, -0.25) is 4.79 Å². The number of benzene rings is 1. The van der Waals surface area contributed by atoms with Crippen molar-refractivity contribution in [2.24, 2.45) is 0 Å². The van der Waals surface area contributed by atoms with Crippen LogP contribution >= 0.6 is 11.3 Å². The number of ketones is 1. The SMILES string of the molecule is COc1ccsc1C(=O)CC1CCOc2ccccc21. The predicted octanol–water partition coefficient (Wildman–Crippen LogP) is 3.90. The Morgan fingerprint density at radius 2 is 2.25 bits per heavy atom. The Kier molecular flexibility index (Phi) is 3.74. The Labute approximate surface area is 122 Å². The number of fused-ring (bicyclic) bond motifs is 1. The van der Waals surface area contributed by atoms with Crippen molar-refractivity contribution in [3.8, 4) is 11.5 Å². The van der Waals surface area contributed by atoms with Gasteiger partial charge in [-0.2, -0.15) is 0 Å². The summed E-state index contributed by atoms with van der Waals surface area (Å²) >= 11 is 1.45. The van der Waals surface area contributed by atoms with E-state index >= 15 is 0 Å². The zero-order valence-corrected chi connectivity index (χ0v) is 12.1. The number of hydrogen-bond acceptors (Lipinski definition) is 4. The minimum Gasteiger partial charge on any atom is -0.495 e. The molecule has 1 aromatic heterocycles. The average molecular weight is 288 g/mol. The summed E-state index contributed by atoms with van der Waals surface area (Å²) in [5.74, 6) is 1.98. The van der Waals surface area contributed by atoms with Gasteiger partial charge in [-0.1, -0.05) is 18.2 Å². The van der Waals surface area contributed by atoms with Crippen molar-refractivity contribution >= 4 is 17.1 Å². The molecule has 0 amide bonds. The molecule has 0 N–H and O–H groups in total. The van der Waals surface area contributed by atoms with Crippen LogP contribution in [-0.4, -0.2) is 19.5 Å². The summed E-state index contributed by atoms with van der Waals surface area (Å²) in [6.07, 6.45) is 1.40. The van der Waals surface area contributed by atoms with E-state index in [1.54, 1.807) is 7.11 Å². The standard InChI is InChI=1S/C16H16O3S/c1-18-15-7-9-20-16(15)13(17)10-11-6-8-19-14-5-3-2-4-12(11)14/h2-5,7,9,11H,6,8,10H2,1H3. The lowest BCUT2D eigenvalue weighted by Gasteiger charge is -2.25. The van der Waals surface area contributed by atoms with Crippen LogP contribution in [0.3, 0.4) is 0 Å². The molecule has 1 aliphatic heterocycles. The molecule has 2 aromatic rings. The Bertz CT molecular complexity index is 618. The van der Waals surface area contributed by atoms with Gasteiger partial charge in [0.1, 0.15) is 16.4 Å². The van der Waals surface area contributed by atoms with Crippen LogP contribution in [0.4, 0.5) is 0 Å². The molecule has 4 heteroatoms. The van der Waals surface area contributed by atoms with E-state index in [0.717, 1.165) is 22.6 Å². The first-order chi connectivity index (χ1) is 9.79. The van der Waals surface area contributed by atoms with Crippen LogP contribution < -0.4 is 9.47 Å². The molecule has 1 aliphatic rings. The van der Waals surface area contributed by atoms with Crippen molar-refractivity contribution in [3.05, 3.63) is 46.2 Å². The van der Waals surface area contributed by atoms with Crippen molar-refractivity contribution in [1.29, 1.82) is 0 Å². The molecule has 0 saturated heterocycles. The van der Waals surface area contributed by atoms with E-state index in [0.29, 0.717) is 18.8 Å². The van der Waals surface area contributed by atoms with E-state index in [1.807, 2.05) is 29.6 Å². The summed E-state index contributed by atoms with van der Waals surface area (Å²) in [7, 11) is 1.60. The topological polar surface area (TPSA) is 35.5 Å². The van der Waals surface area contributed by atoms with Crippen molar-refractivity contribution in [3.63, 3.8) is 0 Å². The van der Waals surface area contributed by atoms with Gasteiger partial charge in [-0.15, -0.1) is 11.3 Å². The number of ether oxygens (including phenoxy) is 2. The largest absolute Gasteiger partial charge is 0.495 e. The van der Waals surface area contributed by atoms with E-state index in [2.05, 4.69) is 6.07 Å². The fourth-order valence-electron chi connectivity index (χ4n) is 2.61. The summed E-state index contributed by atoms with van der Waals surface area (Å²) in [5.41, 5.74) is 1.14. The molecule has 3 nitrogen and oxygen atoms in total. The number of para-hydroxylation sites is 1. The van der Waals surface area contributed by atoms with Gasteiger partial charge in [0.05, 0.1) is 13.7 Å². The zero-order valence-electron chi connectivity index (χ0n) is 11.3. The lowest BCUT2D eigenvalue weighted by Crippen LogP contribution is -2.17. The Morgan fingerprint density at radius 3 is 3.10 bits per heavy atom. The zero-order chi connectivity index (χ0) is 13.9. The molecular formula is C16H16O3S. The van der Waals surface area contributed by atoms with Crippen molar-refractivity contribution in [2.75, 3.05) is 13.7 Å². The van der Waals surface area contributed by atoms with Gasteiger partial charge < -0.3 is 9.47 Å². The van der Waals surface area contributed by atoms with Gasteiger partial charge in [0, 0.05) is 6.42 Å². The van der Waals surface area contributed by atoms with E-state index in [9.17, 15) is 4.79 Å². The molecule has 104 valence electrons.